The van der Waals surface area contributed by atoms with Crippen LogP contribution in [-0.2, 0) is 11.0 Å². The van der Waals surface area contributed by atoms with E-state index >= 15 is 0 Å². The number of alkyl halides is 3. The van der Waals surface area contributed by atoms with Gasteiger partial charge in [0.2, 0.25) is 5.91 Å². The quantitative estimate of drug-likeness (QED) is 0.706. The van der Waals surface area contributed by atoms with Crippen LogP contribution in [0.3, 0.4) is 0 Å². The SMILES string of the molecule is CC(C)CC(CO)NC(=O)CNC(=O)c1ccc(C(F)(F)F)cc1. The molecule has 2 amide bonds. The molecule has 1 rings (SSSR count). The first-order valence-corrected chi connectivity index (χ1v) is 7.49. The van der Waals surface area contributed by atoms with Crippen molar-refractivity contribution in [2.45, 2.75) is 32.5 Å². The van der Waals surface area contributed by atoms with E-state index in [0.29, 0.717) is 6.42 Å². The number of aliphatic hydroxyl groups excluding tert-OH is 1. The zero-order valence-electron chi connectivity index (χ0n) is 13.5. The Morgan fingerprint density at radius 2 is 1.75 bits per heavy atom. The van der Waals surface area contributed by atoms with Gasteiger partial charge in [-0.1, -0.05) is 13.8 Å². The summed E-state index contributed by atoms with van der Waals surface area (Å²) in [7, 11) is 0. The van der Waals surface area contributed by atoms with Crippen LogP contribution in [0.1, 0.15) is 36.2 Å². The highest BCUT2D eigenvalue weighted by Gasteiger charge is 2.30. The van der Waals surface area contributed by atoms with Gasteiger partial charge in [-0.2, -0.15) is 13.2 Å². The van der Waals surface area contributed by atoms with E-state index in [4.69, 9.17) is 0 Å². The Hall–Kier alpha value is -2.09. The molecule has 134 valence electrons. The molecule has 0 aliphatic carbocycles. The molecule has 0 aliphatic rings. The molecule has 8 heteroatoms. The number of rotatable bonds is 7. The van der Waals surface area contributed by atoms with E-state index in [0.717, 1.165) is 24.3 Å². The molecular formula is C16H21F3N2O3. The van der Waals surface area contributed by atoms with E-state index < -0.39 is 29.6 Å². The maximum atomic E-state index is 12.4. The lowest BCUT2D eigenvalue weighted by atomic mass is 10.0. The fourth-order valence-electron chi connectivity index (χ4n) is 2.10. The number of benzene rings is 1. The monoisotopic (exact) mass is 346 g/mol. The molecule has 0 saturated heterocycles. The summed E-state index contributed by atoms with van der Waals surface area (Å²) in [6, 6.07) is 3.30. The molecule has 1 unspecified atom stereocenters. The molecule has 5 nitrogen and oxygen atoms in total. The van der Waals surface area contributed by atoms with Crippen LogP contribution in [0.15, 0.2) is 24.3 Å². The van der Waals surface area contributed by atoms with E-state index in [9.17, 15) is 27.9 Å². The minimum atomic E-state index is -4.47. The molecule has 1 atom stereocenters. The van der Waals surface area contributed by atoms with Crippen molar-refractivity contribution in [1.82, 2.24) is 10.6 Å². The van der Waals surface area contributed by atoms with Gasteiger partial charge in [0, 0.05) is 5.56 Å². The van der Waals surface area contributed by atoms with Crippen LogP contribution in [0.2, 0.25) is 0 Å². The predicted octanol–water partition coefficient (Wildman–Crippen LogP) is 1.96. The number of hydrogen-bond donors (Lipinski definition) is 3. The van der Waals surface area contributed by atoms with Crippen molar-refractivity contribution in [3.8, 4) is 0 Å². The highest BCUT2D eigenvalue weighted by molar-refractivity contribution is 5.96. The van der Waals surface area contributed by atoms with Crippen LogP contribution >= 0.6 is 0 Å². The smallest absolute Gasteiger partial charge is 0.394 e. The van der Waals surface area contributed by atoms with Gasteiger partial charge in [-0.05, 0) is 36.6 Å². The zero-order chi connectivity index (χ0) is 18.3. The third-order valence-corrected chi connectivity index (χ3v) is 3.23. The van der Waals surface area contributed by atoms with Crippen molar-refractivity contribution in [3.05, 3.63) is 35.4 Å². The fourth-order valence-corrected chi connectivity index (χ4v) is 2.10. The van der Waals surface area contributed by atoms with Crippen LogP contribution < -0.4 is 10.6 Å². The topological polar surface area (TPSA) is 78.4 Å². The first-order valence-electron chi connectivity index (χ1n) is 7.49. The second-order valence-corrected chi connectivity index (χ2v) is 5.83. The van der Waals surface area contributed by atoms with Crippen molar-refractivity contribution in [2.24, 2.45) is 5.92 Å². The molecule has 0 spiro atoms. The predicted molar refractivity (Wildman–Crippen MR) is 82.2 cm³/mol. The summed E-state index contributed by atoms with van der Waals surface area (Å²) >= 11 is 0. The molecule has 0 aliphatic heterocycles. The summed E-state index contributed by atoms with van der Waals surface area (Å²) in [6.45, 7) is 3.35. The van der Waals surface area contributed by atoms with Crippen LogP contribution in [0.25, 0.3) is 0 Å². The molecule has 1 aromatic carbocycles. The van der Waals surface area contributed by atoms with Crippen LogP contribution in [0, 0.1) is 5.92 Å². The van der Waals surface area contributed by atoms with Gasteiger partial charge in [0.25, 0.3) is 5.91 Å². The third kappa shape index (κ3) is 6.57. The minimum Gasteiger partial charge on any atom is -0.394 e. The lowest BCUT2D eigenvalue weighted by Crippen LogP contribution is -2.44. The summed E-state index contributed by atoms with van der Waals surface area (Å²) in [5.41, 5.74) is -0.826. The van der Waals surface area contributed by atoms with Crippen molar-refractivity contribution in [3.63, 3.8) is 0 Å². The number of halogens is 3. The van der Waals surface area contributed by atoms with E-state index in [1.54, 1.807) is 0 Å². The van der Waals surface area contributed by atoms with Crippen molar-refractivity contribution >= 4 is 11.8 Å². The number of carbonyl (C=O) groups excluding carboxylic acids is 2. The zero-order valence-corrected chi connectivity index (χ0v) is 13.5. The Kier molecular flexibility index (Phi) is 7.21. The Labute approximate surface area is 138 Å². The largest absolute Gasteiger partial charge is 0.416 e. The van der Waals surface area contributed by atoms with Gasteiger partial charge >= 0.3 is 6.18 Å². The Morgan fingerprint density at radius 1 is 1.17 bits per heavy atom. The lowest BCUT2D eigenvalue weighted by molar-refractivity contribution is -0.137. The van der Waals surface area contributed by atoms with Crippen molar-refractivity contribution in [1.29, 1.82) is 0 Å². The van der Waals surface area contributed by atoms with Crippen LogP contribution in [-0.4, -0.2) is 36.1 Å². The fraction of sp³-hybridized carbons (Fsp3) is 0.500. The van der Waals surface area contributed by atoms with Gasteiger partial charge in [0.1, 0.15) is 0 Å². The van der Waals surface area contributed by atoms with Gasteiger partial charge in [-0.3, -0.25) is 9.59 Å². The normalized spacial score (nSPS) is 12.8. The van der Waals surface area contributed by atoms with Gasteiger partial charge in [0.15, 0.2) is 0 Å². The minimum absolute atomic E-state index is 0.0247. The van der Waals surface area contributed by atoms with Gasteiger partial charge < -0.3 is 15.7 Å². The molecule has 1 aromatic rings. The molecule has 24 heavy (non-hydrogen) atoms. The molecule has 0 heterocycles. The van der Waals surface area contributed by atoms with Gasteiger partial charge in [0.05, 0.1) is 24.8 Å². The van der Waals surface area contributed by atoms with E-state index in [2.05, 4.69) is 10.6 Å². The number of carbonyl (C=O) groups is 2. The highest BCUT2D eigenvalue weighted by Crippen LogP contribution is 2.29. The Balaban J connectivity index is 2.52. The maximum absolute atomic E-state index is 12.4. The number of aliphatic hydroxyl groups is 1. The van der Waals surface area contributed by atoms with Crippen LogP contribution in [0.5, 0.6) is 0 Å². The molecular weight excluding hydrogens is 325 g/mol. The summed E-state index contributed by atoms with van der Waals surface area (Å²) in [5.74, 6) is -0.845. The first-order chi connectivity index (χ1) is 11.1. The summed E-state index contributed by atoms with van der Waals surface area (Å²) in [4.78, 5) is 23.6. The Bertz CT molecular complexity index is 557. The average Bonchev–Trinajstić information content (AvgIpc) is 2.50. The summed E-state index contributed by atoms with van der Waals surface area (Å²) in [5, 5.41) is 14.1. The first kappa shape index (κ1) is 20.0. The van der Waals surface area contributed by atoms with E-state index in [-0.39, 0.29) is 24.6 Å². The van der Waals surface area contributed by atoms with E-state index in [1.165, 1.54) is 0 Å². The third-order valence-electron chi connectivity index (χ3n) is 3.23. The highest BCUT2D eigenvalue weighted by atomic mass is 19.4. The number of hydrogen-bond acceptors (Lipinski definition) is 3. The molecule has 0 aromatic heterocycles. The molecule has 3 N–H and O–H groups in total. The summed E-state index contributed by atoms with van der Waals surface area (Å²) < 4.78 is 37.3. The van der Waals surface area contributed by atoms with Gasteiger partial charge in [-0.15, -0.1) is 0 Å². The lowest BCUT2D eigenvalue weighted by Gasteiger charge is -2.18. The van der Waals surface area contributed by atoms with Crippen molar-refractivity contribution < 1.29 is 27.9 Å². The molecule has 0 radical (unpaired) electrons. The molecule has 0 bridgehead atoms. The maximum Gasteiger partial charge on any atom is 0.416 e. The standard InChI is InChI=1S/C16H21F3N2O3/c1-10(2)7-13(9-22)21-14(23)8-20-15(24)11-3-5-12(6-4-11)16(17,18)19/h3-6,10,13,22H,7-9H2,1-2H3,(H,20,24)(H,21,23). The van der Waals surface area contributed by atoms with Crippen molar-refractivity contribution in [2.75, 3.05) is 13.2 Å². The van der Waals surface area contributed by atoms with Gasteiger partial charge in [-0.25, -0.2) is 0 Å². The second kappa shape index (κ2) is 8.68. The number of nitrogens with one attached hydrogen (secondary N) is 2. The molecule has 0 fully saturated rings. The van der Waals surface area contributed by atoms with E-state index in [1.807, 2.05) is 13.8 Å². The number of amides is 2. The average molecular weight is 346 g/mol. The summed E-state index contributed by atoms with van der Waals surface area (Å²) in [6.07, 6.45) is -3.88. The van der Waals surface area contributed by atoms with Crippen LogP contribution in [0.4, 0.5) is 13.2 Å². The second-order valence-electron chi connectivity index (χ2n) is 5.83. The molecule has 0 saturated carbocycles. The Morgan fingerprint density at radius 3 is 2.21 bits per heavy atom.